The van der Waals surface area contributed by atoms with E-state index in [1.54, 1.807) is 31.4 Å². The lowest BCUT2D eigenvalue weighted by molar-refractivity contribution is -0.135. The normalized spacial score (nSPS) is 21.5. The van der Waals surface area contributed by atoms with Gasteiger partial charge in [0, 0.05) is 19.6 Å². The number of methoxy groups -OCH3 is 1. The molecule has 1 aromatic rings. The molecule has 156 valence electrons. The molecule has 7 nitrogen and oxygen atoms in total. The SMILES string of the molecule is COc1ccc(OCC(=O)N2CCCC(CNC(=O)C3CCCN3)C2)cc1.Cl. The van der Waals surface area contributed by atoms with Gasteiger partial charge in [0.2, 0.25) is 5.91 Å². The molecule has 2 unspecified atom stereocenters. The Balaban J connectivity index is 0.00000280. The summed E-state index contributed by atoms with van der Waals surface area (Å²) in [6.45, 7) is 2.98. The minimum Gasteiger partial charge on any atom is -0.497 e. The molecule has 0 saturated carbocycles. The third-order valence-corrected chi connectivity index (χ3v) is 5.24. The molecule has 2 N–H and O–H groups in total. The van der Waals surface area contributed by atoms with Crippen LogP contribution in [0.25, 0.3) is 0 Å². The van der Waals surface area contributed by atoms with Crippen LogP contribution in [-0.2, 0) is 9.59 Å². The lowest BCUT2D eigenvalue weighted by atomic mass is 9.97. The molecule has 2 fully saturated rings. The maximum Gasteiger partial charge on any atom is 0.260 e. The van der Waals surface area contributed by atoms with Crippen molar-refractivity contribution in [2.45, 2.75) is 31.7 Å². The minimum atomic E-state index is -0.0516. The van der Waals surface area contributed by atoms with Gasteiger partial charge in [-0.15, -0.1) is 12.4 Å². The van der Waals surface area contributed by atoms with Crippen LogP contribution in [-0.4, -0.2) is 62.7 Å². The first kappa shape index (κ1) is 22.3. The number of hydrogen-bond acceptors (Lipinski definition) is 5. The molecule has 0 radical (unpaired) electrons. The van der Waals surface area contributed by atoms with Crippen molar-refractivity contribution in [2.75, 3.05) is 39.9 Å². The molecular formula is C20H30ClN3O4. The van der Waals surface area contributed by atoms with Crippen LogP contribution in [0.5, 0.6) is 11.5 Å². The van der Waals surface area contributed by atoms with Gasteiger partial charge in [-0.3, -0.25) is 9.59 Å². The second kappa shape index (κ2) is 11.1. The molecular weight excluding hydrogens is 382 g/mol. The molecule has 2 saturated heterocycles. The Bertz CT molecular complexity index is 635. The molecule has 2 aliphatic rings. The van der Waals surface area contributed by atoms with E-state index in [2.05, 4.69) is 10.6 Å². The number of halogens is 1. The van der Waals surface area contributed by atoms with Crippen LogP contribution >= 0.6 is 12.4 Å². The van der Waals surface area contributed by atoms with Crippen molar-refractivity contribution in [2.24, 2.45) is 5.92 Å². The van der Waals surface area contributed by atoms with E-state index >= 15 is 0 Å². The number of carbonyl (C=O) groups excluding carboxylic acids is 2. The highest BCUT2D eigenvalue weighted by atomic mass is 35.5. The summed E-state index contributed by atoms with van der Waals surface area (Å²) in [4.78, 5) is 26.4. The third kappa shape index (κ3) is 6.27. The molecule has 28 heavy (non-hydrogen) atoms. The first-order valence-corrected chi connectivity index (χ1v) is 9.71. The lowest BCUT2D eigenvalue weighted by Gasteiger charge is -2.33. The van der Waals surface area contributed by atoms with Crippen LogP contribution in [0.4, 0.5) is 0 Å². The summed E-state index contributed by atoms with van der Waals surface area (Å²) in [5.74, 6) is 1.77. The van der Waals surface area contributed by atoms with Crippen molar-refractivity contribution < 1.29 is 19.1 Å². The topological polar surface area (TPSA) is 79.9 Å². The zero-order chi connectivity index (χ0) is 19.1. The molecule has 1 aromatic carbocycles. The highest BCUT2D eigenvalue weighted by molar-refractivity contribution is 5.85. The quantitative estimate of drug-likeness (QED) is 0.712. The smallest absolute Gasteiger partial charge is 0.260 e. The van der Waals surface area contributed by atoms with Gasteiger partial charge < -0.3 is 25.0 Å². The van der Waals surface area contributed by atoms with Gasteiger partial charge in [0.05, 0.1) is 13.2 Å². The summed E-state index contributed by atoms with van der Waals surface area (Å²) < 4.78 is 10.7. The van der Waals surface area contributed by atoms with E-state index in [9.17, 15) is 9.59 Å². The monoisotopic (exact) mass is 411 g/mol. The number of hydrogen-bond donors (Lipinski definition) is 2. The highest BCUT2D eigenvalue weighted by Crippen LogP contribution is 2.19. The number of likely N-dealkylation sites (tertiary alicyclic amines) is 1. The fourth-order valence-corrected chi connectivity index (χ4v) is 3.64. The first-order chi connectivity index (χ1) is 13.2. The summed E-state index contributed by atoms with van der Waals surface area (Å²) in [6, 6.07) is 7.14. The Morgan fingerprint density at radius 3 is 2.61 bits per heavy atom. The summed E-state index contributed by atoms with van der Waals surface area (Å²) in [5, 5.41) is 6.25. The molecule has 3 rings (SSSR count). The van der Waals surface area contributed by atoms with Gasteiger partial charge in [-0.05, 0) is 62.4 Å². The predicted octanol–water partition coefficient (Wildman–Crippen LogP) is 1.60. The average molecular weight is 412 g/mol. The van der Waals surface area contributed by atoms with E-state index in [4.69, 9.17) is 9.47 Å². The van der Waals surface area contributed by atoms with E-state index in [1.165, 1.54) is 0 Å². The van der Waals surface area contributed by atoms with E-state index in [-0.39, 0.29) is 36.9 Å². The zero-order valence-electron chi connectivity index (χ0n) is 16.3. The fourth-order valence-electron chi connectivity index (χ4n) is 3.64. The molecule has 2 amide bonds. The second-order valence-corrected chi connectivity index (χ2v) is 7.21. The first-order valence-electron chi connectivity index (χ1n) is 9.71. The fraction of sp³-hybridized carbons (Fsp3) is 0.600. The van der Waals surface area contributed by atoms with Crippen molar-refractivity contribution in [3.8, 4) is 11.5 Å². The van der Waals surface area contributed by atoms with E-state index in [1.807, 2.05) is 4.90 Å². The molecule has 0 aromatic heterocycles. The number of rotatable bonds is 7. The van der Waals surface area contributed by atoms with Crippen molar-refractivity contribution >= 4 is 24.2 Å². The maximum atomic E-state index is 12.5. The Kier molecular flexibility index (Phi) is 8.86. The maximum absolute atomic E-state index is 12.5. The summed E-state index contributed by atoms with van der Waals surface area (Å²) in [5.41, 5.74) is 0. The standard InChI is InChI=1S/C20H29N3O4.ClH/c1-26-16-6-8-17(9-7-16)27-14-19(24)23-11-3-4-15(13-23)12-22-20(25)18-5-2-10-21-18;/h6-9,15,18,21H,2-5,10-14H2,1H3,(H,22,25);1H. The Hall–Kier alpha value is -1.99. The van der Waals surface area contributed by atoms with Gasteiger partial charge in [-0.1, -0.05) is 0 Å². The van der Waals surface area contributed by atoms with Gasteiger partial charge in [-0.2, -0.15) is 0 Å². The third-order valence-electron chi connectivity index (χ3n) is 5.24. The number of carbonyl (C=O) groups is 2. The van der Waals surface area contributed by atoms with Gasteiger partial charge in [0.25, 0.3) is 5.91 Å². The summed E-state index contributed by atoms with van der Waals surface area (Å²) >= 11 is 0. The number of ether oxygens (including phenoxy) is 2. The number of amides is 2. The number of nitrogens with zero attached hydrogens (tertiary/aromatic N) is 1. The van der Waals surface area contributed by atoms with Crippen LogP contribution < -0.4 is 20.1 Å². The van der Waals surface area contributed by atoms with Crippen LogP contribution in [0, 0.1) is 5.92 Å². The molecule has 2 aliphatic heterocycles. The molecule has 2 atom stereocenters. The zero-order valence-corrected chi connectivity index (χ0v) is 17.1. The van der Waals surface area contributed by atoms with Crippen LogP contribution in [0.2, 0.25) is 0 Å². The predicted molar refractivity (Wildman–Crippen MR) is 109 cm³/mol. The van der Waals surface area contributed by atoms with Gasteiger partial charge >= 0.3 is 0 Å². The van der Waals surface area contributed by atoms with Crippen molar-refractivity contribution in [3.05, 3.63) is 24.3 Å². The van der Waals surface area contributed by atoms with Gasteiger partial charge in [0.1, 0.15) is 11.5 Å². The van der Waals surface area contributed by atoms with Crippen molar-refractivity contribution in [1.82, 2.24) is 15.5 Å². The Labute approximate surface area is 172 Å². The minimum absolute atomic E-state index is 0. The Morgan fingerprint density at radius 1 is 1.18 bits per heavy atom. The second-order valence-electron chi connectivity index (χ2n) is 7.21. The molecule has 8 heteroatoms. The van der Waals surface area contributed by atoms with Gasteiger partial charge in [0.15, 0.2) is 6.61 Å². The van der Waals surface area contributed by atoms with Gasteiger partial charge in [-0.25, -0.2) is 0 Å². The lowest BCUT2D eigenvalue weighted by Crippen LogP contribution is -2.47. The number of piperidine rings is 1. The van der Waals surface area contributed by atoms with Crippen LogP contribution in [0.3, 0.4) is 0 Å². The summed E-state index contributed by atoms with van der Waals surface area (Å²) in [6.07, 6.45) is 3.94. The molecule has 0 spiro atoms. The molecule has 2 heterocycles. The molecule has 0 bridgehead atoms. The number of benzene rings is 1. The Morgan fingerprint density at radius 2 is 1.93 bits per heavy atom. The van der Waals surface area contributed by atoms with E-state index < -0.39 is 0 Å². The highest BCUT2D eigenvalue weighted by Gasteiger charge is 2.26. The van der Waals surface area contributed by atoms with Crippen molar-refractivity contribution in [1.29, 1.82) is 0 Å². The largest absolute Gasteiger partial charge is 0.497 e. The van der Waals surface area contributed by atoms with E-state index in [0.717, 1.165) is 44.5 Å². The molecule has 0 aliphatic carbocycles. The summed E-state index contributed by atoms with van der Waals surface area (Å²) in [7, 11) is 1.61. The van der Waals surface area contributed by atoms with Crippen LogP contribution in [0.1, 0.15) is 25.7 Å². The number of nitrogens with one attached hydrogen (secondary N) is 2. The van der Waals surface area contributed by atoms with Crippen molar-refractivity contribution in [3.63, 3.8) is 0 Å². The van der Waals surface area contributed by atoms with Crippen LogP contribution in [0.15, 0.2) is 24.3 Å². The average Bonchev–Trinajstić information content (AvgIpc) is 3.26. The van der Waals surface area contributed by atoms with E-state index in [0.29, 0.717) is 24.8 Å².